The minimum absolute atomic E-state index is 0.0161. The van der Waals surface area contributed by atoms with Crippen molar-refractivity contribution in [3.63, 3.8) is 0 Å². The number of ether oxygens (including phenoxy) is 1. The summed E-state index contributed by atoms with van der Waals surface area (Å²) in [4.78, 5) is 23.8. The normalized spacial score (nSPS) is 16.2. The molecule has 0 unspecified atom stereocenters. The molecule has 0 spiro atoms. The summed E-state index contributed by atoms with van der Waals surface area (Å²) >= 11 is 0. The fraction of sp³-hybridized carbons (Fsp3) is 0.500. The highest BCUT2D eigenvalue weighted by atomic mass is 16.5. The second-order valence-electron chi connectivity index (χ2n) is 5.70. The maximum Gasteiger partial charge on any atom is 0.176 e. The van der Waals surface area contributed by atoms with Crippen molar-refractivity contribution >= 4 is 11.6 Å². The van der Waals surface area contributed by atoms with E-state index in [0.717, 1.165) is 5.75 Å². The molecule has 0 radical (unpaired) electrons. The van der Waals surface area contributed by atoms with Gasteiger partial charge in [-0.3, -0.25) is 9.59 Å². The molecule has 1 aliphatic carbocycles. The first-order valence-corrected chi connectivity index (χ1v) is 6.74. The zero-order valence-corrected chi connectivity index (χ0v) is 11.7. The van der Waals surface area contributed by atoms with E-state index in [2.05, 4.69) is 13.8 Å². The number of hydrogen-bond donors (Lipinski definition) is 0. The van der Waals surface area contributed by atoms with Crippen LogP contribution < -0.4 is 4.74 Å². The van der Waals surface area contributed by atoms with Crippen molar-refractivity contribution in [1.29, 1.82) is 0 Å². The van der Waals surface area contributed by atoms with Crippen molar-refractivity contribution in [3.05, 3.63) is 29.8 Å². The zero-order valence-electron chi connectivity index (χ0n) is 11.7. The van der Waals surface area contributed by atoms with Crippen LogP contribution in [-0.4, -0.2) is 18.2 Å². The van der Waals surface area contributed by atoms with Crippen LogP contribution >= 0.6 is 0 Å². The van der Waals surface area contributed by atoms with Gasteiger partial charge in [-0.25, -0.2) is 0 Å². The molecule has 2 rings (SSSR count). The first-order valence-electron chi connectivity index (χ1n) is 6.74. The van der Waals surface area contributed by atoms with Crippen molar-refractivity contribution in [2.45, 2.75) is 33.6 Å². The Bertz CT molecular complexity index is 481. The van der Waals surface area contributed by atoms with E-state index in [0.29, 0.717) is 30.9 Å². The van der Waals surface area contributed by atoms with Crippen LogP contribution in [0, 0.1) is 11.3 Å². The lowest BCUT2D eigenvalue weighted by molar-refractivity contribution is -0.120. The molecule has 3 heteroatoms. The monoisotopic (exact) mass is 260 g/mol. The molecule has 3 nitrogen and oxygen atoms in total. The second-order valence-corrected chi connectivity index (χ2v) is 5.70. The highest BCUT2D eigenvalue weighted by Gasteiger charge is 2.53. The molecule has 1 aliphatic rings. The molecule has 1 aromatic rings. The van der Waals surface area contributed by atoms with Gasteiger partial charge >= 0.3 is 0 Å². The van der Waals surface area contributed by atoms with Crippen molar-refractivity contribution in [2.75, 3.05) is 6.61 Å². The van der Waals surface area contributed by atoms with Crippen LogP contribution in [0.5, 0.6) is 5.75 Å². The average molecular weight is 260 g/mol. The van der Waals surface area contributed by atoms with E-state index in [1.807, 2.05) is 0 Å². The van der Waals surface area contributed by atoms with Crippen molar-refractivity contribution < 1.29 is 14.3 Å². The molecular formula is C16H20O3. The molecule has 1 aromatic carbocycles. The van der Waals surface area contributed by atoms with Crippen LogP contribution in [0.25, 0.3) is 0 Å². The third-order valence-corrected chi connectivity index (χ3v) is 3.56. The van der Waals surface area contributed by atoms with Crippen LogP contribution in [0.1, 0.15) is 44.0 Å². The summed E-state index contributed by atoms with van der Waals surface area (Å²) in [6, 6.07) is 7.10. The van der Waals surface area contributed by atoms with E-state index < -0.39 is 5.41 Å². The molecule has 0 aliphatic heterocycles. The quantitative estimate of drug-likeness (QED) is 0.582. The summed E-state index contributed by atoms with van der Waals surface area (Å²) in [5, 5.41) is 0. The topological polar surface area (TPSA) is 43.4 Å². The number of hydrogen-bond acceptors (Lipinski definition) is 3. The molecule has 0 amide bonds. The molecule has 0 heterocycles. The first kappa shape index (κ1) is 13.8. The molecule has 19 heavy (non-hydrogen) atoms. The Balaban J connectivity index is 2.06. The summed E-state index contributed by atoms with van der Waals surface area (Å²) < 4.78 is 5.57. The fourth-order valence-electron chi connectivity index (χ4n) is 2.11. The van der Waals surface area contributed by atoms with Gasteiger partial charge in [-0.2, -0.15) is 0 Å². The second kappa shape index (κ2) is 5.16. The van der Waals surface area contributed by atoms with Crippen LogP contribution in [0.15, 0.2) is 24.3 Å². The molecule has 0 bridgehead atoms. The largest absolute Gasteiger partial charge is 0.493 e. The Kier molecular flexibility index (Phi) is 3.74. The minimum atomic E-state index is -0.722. The van der Waals surface area contributed by atoms with Gasteiger partial charge in [0.15, 0.2) is 5.78 Å². The molecule has 0 aromatic heterocycles. The van der Waals surface area contributed by atoms with Gasteiger partial charge in [0.1, 0.15) is 11.5 Å². The molecule has 0 saturated heterocycles. The highest BCUT2D eigenvalue weighted by Crippen LogP contribution is 2.49. The van der Waals surface area contributed by atoms with Crippen LogP contribution in [0.4, 0.5) is 0 Å². The lowest BCUT2D eigenvalue weighted by Gasteiger charge is -2.11. The average Bonchev–Trinajstić information content (AvgIpc) is 3.17. The predicted molar refractivity (Wildman–Crippen MR) is 73.5 cm³/mol. The van der Waals surface area contributed by atoms with Gasteiger partial charge in [-0.15, -0.1) is 0 Å². The molecule has 102 valence electrons. The first-order chi connectivity index (χ1) is 8.95. The molecule has 0 atom stereocenters. The van der Waals surface area contributed by atoms with Crippen LogP contribution in [-0.2, 0) is 4.79 Å². The summed E-state index contributed by atoms with van der Waals surface area (Å²) in [7, 11) is 0. The molecule has 1 saturated carbocycles. The van der Waals surface area contributed by atoms with E-state index in [1.165, 1.54) is 6.92 Å². The Labute approximate surface area is 114 Å². The standard InChI is InChI=1S/C16H20O3/c1-11(2)10-19-14-6-4-13(5-7-14)15(18)16(8-9-16)12(3)17/h4-7,11H,8-10H2,1-3H3. The number of benzene rings is 1. The Hall–Kier alpha value is -1.64. The fourth-order valence-corrected chi connectivity index (χ4v) is 2.11. The Morgan fingerprint density at radius 1 is 1.21 bits per heavy atom. The number of Topliss-reactive ketones (excluding diaryl/α,β-unsaturated/α-hetero) is 2. The number of ketones is 2. The number of carbonyl (C=O) groups is 2. The van der Waals surface area contributed by atoms with E-state index in [-0.39, 0.29) is 11.6 Å². The number of carbonyl (C=O) groups excluding carboxylic acids is 2. The maximum atomic E-state index is 12.3. The summed E-state index contributed by atoms with van der Waals surface area (Å²) in [6.07, 6.45) is 1.37. The Morgan fingerprint density at radius 3 is 2.21 bits per heavy atom. The van der Waals surface area contributed by atoms with Crippen LogP contribution in [0.3, 0.4) is 0 Å². The van der Waals surface area contributed by atoms with Gasteiger partial charge in [0, 0.05) is 5.56 Å². The van der Waals surface area contributed by atoms with E-state index in [4.69, 9.17) is 4.74 Å². The minimum Gasteiger partial charge on any atom is -0.493 e. The van der Waals surface area contributed by atoms with E-state index >= 15 is 0 Å². The van der Waals surface area contributed by atoms with Gasteiger partial charge in [0.2, 0.25) is 0 Å². The van der Waals surface area contributed by atoms with Gasteiger partial charge in [0.05, 0.1) is 12.0 Å². The van der Waals surface area contributed by atoms with Gasteiger partial charge < -0.3 is 4.74 Å². The maximum absolute atomic E-state index is 12.3. The summed E-state index contributed by atoms with van der Waals surface area (Å²) in [6.45, 7) is 6.33. The van der Waals surface area contributed by atoms with Crippen molar-refractivity contribution in [1.82, 2.24) is 0 Å². The molecule has 1 fully saturated rings. The third-order valence-electron chi connectivity index (χ3n) is 3.56. The summed E-state index contributed by atoms with van der Waals surface area (Å²) in [5.74, 6) is 1.17. The number of rotatable bonds is 6. The van der Waals surface area contributed by atoms with Crippen LogP contribution in [0.2, 0.25) is 0 Å². The smallest absolute Gasteiger partial charge is 0.176 e. The highest BCUT2D eigenvalue weighted by molar-refractivity contribution is 6.16. The lowest BCUT2D eigenvalue weighted by atomic mass is 9.91. The molecule has 0 N–H and O–H groups in total. The summed E-state index contributed by atoms with van der Waals surface area (Å²) in [5.41, 5.74) is -0.120. The van der Waals surface area contributed by atoms with E-state index in [1.54, 1.807) is 24.3 Å². The van der Waals surface area contributed by atoms with E-state index in [9.17, 15) is 9.59 Å². The SMILES string of the molecule is CC(=O)C1(C(=O)c2ccc(OCC(C)C)cc2)CC1. The third kappa shape index (κ3) is 2.86. The van der Waals surface area contributed by atoms with Gasteiger partial charge in [-0.1, -0.05) is 13.8 Å². The lowest BCUT2D eigenvalue weighted by Crippen LogP contribution is -2.23. The van der Waals surface area contributed by atoms with Gasteiger partial charge in [-0.05, 0) is 49.9 Å². The predicted octanol–water partition coefficient (Wildman–Crippen LogP) is 3.27. The molecular weight excluding hydrogens is 240 g/mol. The Morgan fingerprint density at radius 2 is 1.79 bits per heavy atom. The van der Waals surface area contributed by atoms with Crippen molar-refractivity contribution in [2.24, 2.45) is 11.3 Å². The van der Waals surface area contributed by atoms with Crippen molar-refractivity contribution in [3.8, 4) is 5.75 Å². The zero-order chi connectivity index (χ0) is 14.0. The van der Waals surface area contributed by atoms with Gasteiger partial charge in [0.25, 0.3) is 0 Å².